The second kappa shape index (κ2) is 8.30. The molecule has 0 spiro atoms. The van der Waals surface area contributed by atoms with Gasteiger partial charge in [0.25, 0.3) is 5.91 Å². The Morgan fingerprint density at radius 3 is 2.96 bits per heavy atom. The predicted molar refractivity (Wildman–Crippen MR) is 99.9 cm³/mol. The molecule has 1 aliphatic heterocycles. The SMILES string of the molecule is CCC1CCCCN1c1nccc(C(=O)NCc2ccccc2Cl)n1. The molecule has 0 bridgehead atoms. The van der Waals surface area contributed by atoms with Crippen molar-refractivity contribution >= 4 is 23.5 Å². The van der Waals surface area contributed by atoms with Crippen LogP contribution in [0.1, 0.15) is 48.7 Å². The summed E-state index contributed by atoms with van der Waals surface area (Å²) in [4.78, 5) is 23.6. The quantitative estimate of drug-likeness (QED) is 0.882. The molecular formula is C19H23ClN4O. The van der Waals surface area contributed by atoms with Crippen molar-refractivity contribution in [2.45, 2.75) is 45.2 Å². The number of hydrogen-bond donors (Lipinski definition) is 1. The van der Waals surface area contributed by atoms with E-state index in [0.29, 0.717) is 29.3 Å². The third-order valence-electron chi connectivity index (χ3n) is 4.63. The van der Waals surface area contributed by atoms with Crippen LogP contribution < -0.4 is 10.2 Å². The minimum Gasteiger partial charge on any atom is -0.347 e. The first-order valence-corrected chi connectivity index (χ1v) is 9.18. The third-order valence-corrected chi connectivity index (χ3v) is 5.00. The normalized spacial score (nSPS) is 17.4. The van der Waals surface area contributed by atoms with Gasteiger partial charge in [-0.1, -0.05) is 36.7 Å². The number of hydrogen-bond acceptors (Lipinski definition) is 4. The molecule has 0 aliphatic carbocycles. The Morgan fingerprint density at radius 1 is 1.32 bits per heavy atom. The van der Waals surface area contributed by atoms with Gasteiger partial charge in [-0.25, -0.2) is 9.97 Å². The highest BCUT2D eigenvalue weighted by Gasteiger charge is 2.23. The van der Waals surface area contributed by atoms with Gasteiger partial charge in [0.15, 0.2) is 0 Å². The van der Waals surface area contributed by atoms with Crippen molar-refractivity contribution in [2.24, 2.45) is 0 Å². The molecule has 6 heteroatoms. The highest BCUT2D eigenvalue weighted by molar-refractivity contribution is 6.31. The van der Waals surface area contributed by atoms with E-state index in [1.165, 1.54) is 6.42 Å². The van der Waals surface area contributed by atoms with Crippen molar-refractivity contribution in [3.8, 4) is 0 Å². The molecule has 5 nitrogen and oxygen atoms in total. The molecule has 25 heavy (non-hydrogen) atoms. The number of rotatable bonds is 5. The summed E-state index contributed by atoms with van der Waals surface area (Å²) < 4.78 is 0. The van der Waals surface area contributed by atoms with E-state index in [2.05, 4.69) is 27.1 Å². The van der Waals surface area contributed by atoms with E-state index in [1.807, 2.05) is 24.3 Å². The summed E-state index contributed by atoms with van der Waals surface area (Å²) in [5.74, 6) is 0.436. The molecule has 1 unspecified atom stereocenters. The van der Waals surface area contributed by atoms with Gasteiger partial charge in [-0.15, -0.1) is 0 Å². The van der Waals surface area contributed by atoms with E-state index in [9.17, 15) is 4.79 Å². The van der Waals surface area contributed by atoms with Gasteiger partial charge in [-0.3, -0.25) is 4.79 Å². The molecule has 132 valence electrons. The van der Waals surface area contributed by atoms with Crippen LogP contribution in [0, 0.1) is 0 Å². The fourth-order valence-electron chi connectivity index (χ4n) is 3.21. The molecule has 1 aromatic heterocycles. The molecule has 1 amide bonds. The standard InChI is InChI=1S/C19H23ClN4O/c1-2-15-8-5-6-12-24(15)19-21-11-10-17(23-19)18(25)22-13-14-7-3-4-9-16(14)20/h3-4,7,9-11,15H,2,5-6,8,12-13H2,1H3,(H,22,25). The number of nitrogens with one attached hydrogen (secondary N) is 1. The molecule has 1 aromatic carbocycles. The maximum Gasteiger partial charge on any atom is 0.270 e. The first-order chi connectivity index (χ1) is 12.2. The summed E-state index contributed by atoms with van der Waals surface area (Å²) in [7, 11) is 0. The number of aromatic nitrogens is 2. The van der Waals surface area contributed by atoms with Gasteiger partial charge in [-0.05, 0) is 43.4 Å². The molecule has 1 fully saturated rings. The Balaban J connectivity index is 1.70. The molecule has 1 N–H and O–H groups in total. The molecule has 0 saturated carbocycles. The van der Waals surface area contributed by atoms with Gasteiger partial charge in [0, 0.05) is 30.4 Å². The Labute approximate surface area is 153 Å². The molecule has 2 aromatic rings. The molecule has 2 heterocycles. The van der Waals surface area contributed by atoms with Crippen LogP contribution in [0.25, 0.3) is 0 Å². The summed E-state index contributed by atoms with van der Waals surface area (Å²) in [6.07, 6.45) is 6.26. The van der Waals surface area contributed by atoms with Gasteiger partial charge >= 0.3 is 0 Å². The van der Waals surface area contributed by atoms with Crippen LogP contribution in [0.3, 0.4) is 0 Å². The minimum atomic E-state index is -0.214. The number of anilines is 1. The molecular weight excluding hydrogens is 336 g/mol. The molecule has 1 saturated heterocycles. The van der Waals surface area contributed by atoms with Crippen molar-refractivity contribution in [1.82, 2.24) is 15.3 Å². The molecule has 1 aliphatic rings. The maximum absolute atomic E-state index is 12.5. The molecule has 0 radical (unpaired) electrons. The van der Waals surface area contributed by atoms with Gasteiger partial charge in [0.05, 0.1) is 0 Å². The summed E-state index contributed by atoms with van der Waals surface area (Å²) >= 11 is 6.13. The fourth-order valence-corrected chi connectivity index (χ4v) is 3.41. The lowest BCUT2D eigenvalue weighted by molar-refractivity contribution is 0.0946. The second-order valence-corrected chi connectivity index (χ2v) is 6.67. The van der Waals surface area contributed by atoms with Crippen LogP contribution >= 0.6 is 11.6 Å². The summed E-state index contributed by atoms with van der Waals surface area (Å²) in [6, 6.07) is 9.58. The van der Waals surface area contributed by atoms with Crippen molar-refractivity contribution in [2.75, 3.05) is 11.4 Å². The van der Waals surface area contributed by atoms with Crippen LogP contribution in [-0.2, 0) is 6.54 Å². The van der Waals surface area contributed by atoms with E-state index in [4.69, 9.17) is 11.6 Å². The number of amides is 1. The average Bonchev–Trinajstić information content (AvgIpc) is 2.67. The van der Waals surface area contributed by atoms with Crippen LogP contribution in [0.2, 0.25) is 5.02 Å². The third kappa shape index (κ3) is 4.28. The Bertz CT molecular complexity index is 737. The summed E-state index contributed by atoms with van der Waals surface area (Å²) in [6.45, 7) is 3.51. The largest absolute Gasteiger partial charge is 0.347 e. The zero-order chi connectivity index (χ0) is 17.6. The van der Waals surface area contributed by atoms with Crippen molar-refractivity contribution in [3.63, 3.8) is 0 Å². The van der Waals surface area contributed by atoms with Gasteiger partial charge in [-0.2, -0.15) is 0 Å². The fraction of sp³-hybridized carbons (Fsp3) is 0.421. The van der Waals surface area contributed by atoms with E-state index < -0.39 is 0 Å². The lowest BCUT2D eigenvalue weighted by Crippen LogP contribution is -2.40. The predicted octanol–water partition coefficient (Wildman–Crippen LogP) is 3.83. The van der Waals surface area contributed by atoms with Crippen LogP contribution in [-0.4, -0.2) is 28.5 Å². The zero-order valence-corrected chi connectivity index (χ0v) is 15.2. The van der Waals surface area contributed by atoms with Crippen LogP contribution in [0.15, 0.2) is 36.5 Å². The zero-order valence-electron chi connectivity index (χ0n) is 14.4. The number of halogens is 1. The monoisotopic (exact) mass is 358 g/mol. The number of nitrogens with zero attached hydrogens (tertiary/aromatic N) is 3. The minimum absolute atomic E-state index is 0.214. The average molecular weight is 359 g/mol. The number of benzene rings is 1. The van der Waals surface area contributed by atoms with Crippen LogP contribution in [0.5, 0.6) is 0 Å². The first kappa shape index (κ1) is 17.7. The first-order valence-electron chi connectivity index (χ1n) is 8.80. The van der Waals surface area contributed by atoms with Gasteiger partial charge in [0.1, 0.15) is 5.69 Å². The lowest BCUT2D eigenvalue weighted by atomic mass is 10.0. The maximum atomic E-state index is 12.5. The smallest absolute Gasteiger partial charge is 0.270 e. The van der Waals surface area contributed by atoms with E-state index in [-0.39, 0.29) is 5.91 Å². The van der Waals surface area contributed by atoms with Crippen molar-refractivity contribution in [1.29, 1.82) is 0 Å². The summed E-state index contributed by atoms with van der Waals surface area (Å²) in [5, 5.41) is 3.52. The van der Waals surface area contributed by atoms with E-state index in [1.54, 1.807) is 12.3 Å². The van der Waals surface area contributed by atoms with Gasteiger partial charge < -0.3 is 10.2 Å². The Hall–Kier alpha value is -2.14. The van der Waals surface area contributed by atoms with Crippen molar-refractivity contribution in [3.05, 3.63) is 52.8 Å². The second-order valence-electron chi connectivity index (χ2n) is 6.27. The highest BCUT2D eigenvalue weighted by Crippen LogP contribution is 2.23. The number of piperidine rings is 1. The van der Waals surface area contributed by atoms with E-state index >= 15 is 0 Å². The van der Waals surface area contributed by atoms with Crippen molar-refractivity contribution < 1.29 is 4.79 Å². The topological polar surface area (TPSA) is 58.1 Å². The lowest BCUT2D eigenvalue weighted by Gasteiger charge is -2.35. The molecule has 1 atom stereocenters. The molecule has 3 rings (SSSR count). The Kier molecular flexibility index (Phi) is 5.87. The van der Waals surface area contributed by atoms with Gasteiger partial charge in [0.2, 0.25) is 5.95 Å². The Morgan fingerprint density at radius 2 is 2.16 bits per heavy atom. The number of carbonyl (C=O) groups is 1. The number of carbonyl (C=O) groups excluding carboxylic acids is 1. The summed E-state index contributed by atoms with van der Waals surface area (Å²) in [5.41, 5.74) is 1.27. The van der Waals surface area contributed by atoms with Crippen LogP contribution in [0.4, 0.5) is 5.95 Å². The van der Waals surface area contributed by atoms with E-state index in [0.717, 1.165) is 31.4 Å². The highest BCUT2D eigenvalue weighted by atomic mass is 35.5.